The molecule has 122 valence electrons. The number of thiophene rings is 2. The molecule has 0 saturated heterocycles. The summed E-state index contributed by atoms with van der Waals surface area (Å²) in [5.41, 5.74) is 1.64. The van der Waals surface area contributed by atoms with E-state index in [-0.39, 0.29) is 11.9 Å². The van der Waals surface area contributed by atoms with Gasteiger partial charge in [-0.15, -0.1) is 22.7 Å². The van der Waals surface area contributed by atoms with Crippen LogP contribution in [0.3, 0.4) is 0 Å². The number of amides is 1. The minimum absolute atomic E-state index is 0.165. The van der Waals surface area contributed by atoms with E-state index in [2.05, 4.69) is 5.32 Å². The van der Waals surface area contributed by atoms with Gasteiger partial charge in [0.25, 0.3) is 5.91 Å². The van der Waals surface area contributed by atoms with Crippen molar-refractivity contribution < 1.29 is 14.3 Å². The van der Waals surface area contributed by atoms with Gasteiger partial charge in [-0.1, -0.05) is 12.5 Å². The first-order valence-electron chi connectivity index (χ1n) is 7.87. The van der Waals surface area contributed by atoms with Gasteiger partial charge in [0.15, 0.2) is 0 Å². The van der Waals surface area contributed by atoms with Crippen molar-refractivity contribution in [1.29, 1.82) is 0 Å². The largest absolute Gasteiger partial charge is 0.462 e. The summed E-state index contributed by atoms with van der Waals surface area (Å²) in [5, 5.41) is 5.42. The molecule has 0 aliphatic heterocycles. The molecule has 1 aliphatic rings. The minimum Gasteiger partial charge on any atom is -0.462 e. The SMILES string of the molecule is CCOC(=O)c1c(NC(=O)c2cccs2)sc2c1CCCCC2. The highest BCUT2D eigenvalue weighted by Crippen LogP contribution is 2.38. The monoisotopic (exact) mass is 349 g/mol. The van der Waals surface area contributed by atoms with Crippen LogP contribution in [0.25, 0.3) is 0 Å². The summed E-state index contributed by atoms with van der Waals surface area (Å²) in [4.78, 5) is 26.6. The number of fused-ring (bicyclic) bond motifs is 1. The predicted octanol–water partition coefficient (Wildman–Crippen LogP) is 4.51. The Morgan fingerprint density at radius 3 is 2.83 bits per heavy atom. The van der Waals surface area contributed by atoms with Gasteiger partial charge in [0.2, 0.25) is 0 Å². The maximum absolute atomic E-state index is 12.4. The van der Waals surface area contributed by atoms with Crippen LogP contribution >= 0.6 is 22.7 Å². The lowest BCUT2D eigenvalue weighted by atomic mass is 10.1. The number of ether oxygens (including phenoxy) is 1. The molecule has 0 spiro atoms. The second kappa shape index (κ2) is 7.27. The number of anilines is 1. The Balaban J connectivity index is 1.95. The van der Waals surface area contributed by atoms with Crippen LogP contribution in [0, 0.1) is 0 Å². The Morgan fingerprint density at radius 2 is 2.09 bits per heavy atom. The fourth-order valence-corrected chi connectivity index (χ4v) is 4.71. The van der Waals surface area contributed by atoms with Crippen molar-refractivity contribution in [3.05, 3.63) is 38.4 Å². The third-order valence-electron chi connectivity index (χ3n) is 3.87. The van der Waals surface area contributed by atoms with Gasteiger partial charge in [-0.05, 0) is 49.6 Å². The van der Waals surface area contributed by atoms with Crippen LogP contribution in [-0.2, 0) is 17.6 Å². The molecule has 4 nitrogen and oxygen atoms in total. The summed E-state index contributed by atoms with van der Waals surface area (Å²) in [7, 11) is 0. The number of hydrogen-bond donors (Lipinski definition) is 1. The molecule has 1 N–H and O–H groups in total. The van der Waals surface area contributed by atoms with Gasteiger partial charge < -0.3 is 10.1 Å². The molecule has 6 heteroatoms. The van der Waals surface area contributed by atoms with Crippen molar-refractivity contribution in [2.45, 2.75) is 39.0 Å². The summed E-state index contributed by atoms with van der Waals surface area (Å²) in [6.45, 7) is 2.13. The van der Waals surface area contributed by atoms with E-state index in [0.29, 0.717) is 22.0 Å². The van der Waals surface area contributed by atoms with Gasteiger partial charge in [0.05, 0.1) is 17.0 Å². The highest BCUT2D eigenvalue weighted by molar-refractivity contribution is 7.17. The zero-order chi connectivity index (χ0) is 16.2. The van der Waals surface area contributed by atoms with E-state index in [1.807, 2.05) is 11.4 Å². The lowest BCUT2D eigenvalue weighted by Gasteiger charge is -2.08. The van der Waals surface area contributed by atoms with Crippen molar-refractivity contribution >= 4 is 39.6 Å². The average Bonchev–Trinajstić information content (AvgIpc) is 3.11. The molecule has 0 aromatic carbocycles. The van der Waals surface area contributed by atoms with Crippen molar-refractivity contribution in [3.8, 4) is 0 Å². The number of nitrogens with one attached hydrogen (secondary N) is 1. The van der Waals surface area contributed by atoms with Crippen molar-refractivity contribution in [2.24, 2.45) is 0 Å². The summed E-state index contributed by atoms with van der Waals surface area (Å²) in [6, 6.07) is 3.62. The number of carbonyl (C=O) groups excluding carboxylic acids is 2. The first-order valence-corrected chi connectivity index (χ1v) is 9.56. The summed E-state index contributed by atoms with van der Waals surface area (Å²) >= 11 is 2.92. The van der Waals surface area contributed by atoms with Gasteiger partial charge in [-0.3, -0.25) is 4.79 Å². The number of hydrogen-bond acceptors (Lipinski definition) is 5. The number of aryl methyl sites for hydroxylation is 1. The minimum atomic E-state index is -0.326. The quantitative estimate of drug-likeness (QED) is 0.653. The highest BCUT2D eigenvalue weighted by Gasteiger charge is 2.26. The maximum atomic E-state index is 12.4. The first-order chi connectivity index (χ1) is 11.2. The van der Waals surface area contributed by atoms with Crippen molar-refractivity contribution in [3.63, 3.8) is 0 Å². The van der Waals surface area contributed by atoms with Gasteiger partial charge in [0.1, 0.15) is 5.00 Å². The number of esters is 1. The fraction of sp³-hybridized carbons (Fsp3) is 0.412. The molecule has 0 unspecified atom stereocenters. The Hall–Kier alpha value is -1.66. The van der Waals surface area contributed by atoms with Crippen LogP contribution in [0.1, 0.15) is 56.7 Å². The van der Waals surface area contributed by atoms with Gasteiger partial charge in [-0.2, -0.15) is 0 Å². The first kappa shape index (κ1) is 16.2. The smallest absolute Gasteiger partial charge is 0.341 e. The molecule has 23 heavy (non-hydrogen) atoms. The second-order valence-electron chi connectivity index (χ2n) is 5.42. The van der Waals surface area contributed by atoms with Crippen LogP contribution in [0.15, 0.2) is 17.5 Å². The molecule has 1 amide bonds. The zero-order valence-corrected chi connectivity index (χ0v) is 14.6. The molecule has 2 aromatic rings. The molecule has 0 radical (unpaired) electrons. The van der Waals surface area contributed by atoms with E-state index in [1.165, 1.54) is 34.0 Å². The molecule has 3 rings (SSSR count). The van der Waals surface area contributed by atoms with Gasteiger partial charge in [0, 0.05) is 4.88 Å². The predicted molar refractivity (Wildman–Crippen MR) is 93.8 cm³/mol. The number of carbonyl (C=O) groups is 2. The van der Waals surface area contributed by atoms with Crippen LogP contribution in [0.4, 0.5) is 5.00 Å². The Morgan fingerprint density at radius 1 is 1.26 bits per heavy atom. The topological polar surface area (TPSA) is 55.4 Å². The maximum Gasteiger partial charge on any atom is 0.341 e. The molecule has 2 aromatic heterocycles. The lowest BCUT2D eigenvalue weighted by molar-refractivity contribution is 0.0527. The summed E-state index contributed by atoms with van der Waals surface area (Å²) in [6.07, 6.45) is 5.25. The van der Waals surface area contributed by atoms with Crippen LogP contribution in [0.2, 0.25) is 0 Å². The molecule has 2 heterocycles. The zero-order valence-electron chi connectivity index (χ0n) is 13.0. The average molecular weight is 349 g/mol. The van der Waals surface area contributed by atoms with Crippen LogP contribution < -0.4 is 5.32 Å². The van der Waals surface area contributed by atoms with Gasteiger partial charge >= 0.3 is 5.97 Å². The molecule has 0 saturated carbocycles. The van der Waals surface area contributed by atoms with E-state index in [9.17, 15) is 9.59 Å². The molecular formula is C17H19NO3S2. The van der Waals surface area contributed by atoms with Gasteiger partial charge in [-0.25, -0.2) is 4.79 Å². The third kappa shape index (κ3) is 3.48. The Kier molecular flexibility index (Phi) is 5.13. The summed E-state index contributed by atoms with van der Waals surface area (Å²) < 4.78 is 5.23. The van der Waals surface area contributed by atoms with E-state index in [0.717, 1.165) is 31.2 Å². The molecule has 0 atom stereocenters. The Bertz CT molecular complexity index is 704. The highest BCUT2D eigenvalue weighted by atomic mass is 32.1. The second-order valence-corrected chi connectivity index (χ2v) is 7.47. The lowest BCUT2D eigenvalue weighted by Crippen LogP contribution is -2.14. The number of rotatable bonds is 4. The standard InChI is InChI=1S/C17H19NO3S2/c1-2-21-17(20)14-11-7-4-3-5-8-12(11)23-16(14)18-15(19)13-9-6-10-22-13/h6,9-10H,2-5,7-8H2,1H3,(H,18,19). The van der Waals surface area contributed by atoms with E-state index in [4.69, 9.17) is 4.74 Å². The van der Waals surface area contributed by atoms with Crippen molar-refractivity contribution in [2.75, 3.05) is 11.9 Å². The molecule has 0 fully saturated rings. The van der Waals surface area contributed by atoms with E-state index in [1.54, 1.807) is 13.0 Å². The Labute approximate surface area is 143 Å². The third-order valence-corrected chi connectivity index (χ3v) is 5.95. The van der Waals surface area contributed by atoms with Crippen LogP contribution in [0.5, 0.6) is 0 Å². The van der Waals surface area contributed by atoms with Crippen molar-refractivity contribution in [1.82, 2.24) is 0 Å². The molecule has 0 bridgehead atoms. The van der Waals surface area contributed by atoms with E-state index < -0.39 is 0 Å². The summed E-state index contributed by atoms with van der Waals surface area (Å²) in [5.74, 6) is -0.490. The molecular weight excluding hydrogens is 330 g/mol. The molecule has 1 aliphatic carbocycles. The normalized spacial score (nSPS) is 14.0. The van der Waals surface area contributed by atoms with E-state index >= 15 is 0 Å². The van der Waals surface area contributed by atoms with Crippen LogP contribution in [-0.4, -0.2) is 18.5 Å². The fourth-order valence-electron chi connectivity index (χ4n) is 2.82.